The second kappa shape index (κ2) is 7.59. The van der Waals surface area contributed by atoms with Crippen molar-refractivity contribution in [3.8, 4) is 11.5 Å². The Balaban J connectivity index is 1.69. The van der Waals surface area contributed by atoms with E-state index in [1.54, 1.807) is 24.4 Å². The number of sulfone groups is 1. The van der Waals surface area contributed by atoms with Crippen LogP contribution in [0.5, 0.6) is 11.5 Å². The molecule has 2 aliphatic heterocycles. The Morgan fingerprint density at radius 2 is 1.96 bits per heavy atom. The summed E-state index contributed by atoms with van der Waals surface area (Å²) >= 11 is 0. The summed E-state index contributed by atoms with van der Waals surface area (Å²) in [5.41, 5.74) is 1.59. The molecule has 2 amide bonds. The number of methoxy groups -OCH3 is 2. The van der Waals surface area contributed by atoms with Crippen LogP contribution in [-0.4, -0.2) is 63.4 Å². The third-order valence-corrected chi connectivity index (χ3v) is 6.42. The van der Waals surface area contributed by atoms with Crippen molar-refractivity contribution in [3.63, 3.8) is 0 Å². The number of benzene rings is 1. The zero-order chi connectivity index (χ0) is 19.6. The first kappa shape index (κ1) is 19.2. The van der Waals surface area contributed by atoms with Gasteiger partial charge in [0, 0.05) is 12.2 Å². The van der Waals surface area contributed by atoms with Gasteiger partial charge in [-0.05, 0) is 35.8 Å². The summed E-state index contributed by atoms with van der Waals surface area (Å²) in [6.07, 6.45) is 3.83. The number of carbonyl (C=O) groups excluding carboxylic acids is 2. The lowest BCUT2D eigenvalue weighted by molar-refractivity contribution is -0.133. The van der Waals surface area contributed by atoms with Crippen molar-refractivity contribution >= 4 is 27.7 Å². The third-order valence-electron chi connectivity index (χ3n) is 4.65. The number of nitrogens with one attached hydrogen (secondary N) is 1. The van der Waals surface area contributed by atoms with Crippen LogP contribution in [0.1, 0.15) is 17.5 Å². The van der Waals surface area contributed by atoms with E-state index in [9.17, 15) is 18.0 Å². The second-order valence-corrected chi connectivity index (χ2v) is 8.82. The number of carbonyl (C=O) groups is 2. The standard InChI is InChI=1S/C18H22N2O6S/c1-25-15-7-12-3-5-20(18(22)9-13(12)8-16(15)26-2)10-17(21)19-14-4-6-27(23,24)11-14/h3,5,7-8,14H,4,6,9-11H2,1-2H3,(H,19,21)/t14-/m1/s1. The summed E-state index contributed by atoms with van der Waals surface area (Å²) in [5, 5.41) is 2.69. The van der Waals surface area contributed by atoms with Crippen molar-refractivity contribution in [2.45, 2.75) is 18.9 Å². The Morgan fingerprint density at radius 3 is 2.59 bits per heavy atom. The first-order valence-corrected chi connectivity index (χ1v) is 10.4. The average Bonchev–Trinajstić information content (AvgIpc) is 2.88. The van der Waals surface area contributed by atoms with E-state index in [0.29, 0.717) is 17.9 Å². The minimum absolute atomic E-state index is 0.0481. The van der Waals surface area contributed by atoms with Crippen LogP contribution in [0.2, 0.25) is 0 Å². The number of hydrogen-bond donors (Lipinski definition) is 1. The molecule has 1 saturated heterocycles. The molecule has 0 spiro atoms. The van der Waals surface area contributed by atoms with Gasteiger partial charge in [-0.25, -0.2) is 8.42 Å². The fraction of sp³-hybridized carbons (Fsp3) is 0.444. The van der Waals surface area contributed by atoms with Gasteiger partial charge in [0.1, 0.15) is 6.54 Å². The van der Waals surface area contributed by atoms with E-state index >= 15 is 0 Å². The zero-order valence-electron chi connectivity index (χ0n) is 15.2. The van der Waals surface area contributed by atoms with Crippen molar-refractivity contribution in [3.05, 3.63) is 29.5 Å². The van der Waals surface area contributed by atoms with Crippen LogP contribution >= 0.6 is 0 Å². The normalized spacial score (nSPS) is 20.7. The maximum atomic E-state index is 12.5. The summed E-state index contributed by atoms with van der Waals surface area (Å²) in [7, 11) is -0.00966. The smallest absolute Gasteiger partial charge is 0.240 e. The monoisotopic (exact) mass is 394 g/mol. The van der Waals surface area contributed by atoms with Crippen LogP contribution in [0.15, 0.2) is 18.3 Å². The highest BCUT2D eigenvalue weighted by Gasteiger charge is 2.29. The summed E-state index contributed by atoms with van der Waals surface area (Å²) < 4.78 is 33.5. The van der Waals surface area contributed by atoms with Crippen LogP contribution in [0.3, 0.4) is 0 Å². The van der Waals surface area contributed by atoms with E-state index in [0.717, 1.165) is 11.1 Å². The minimum Gasteiger partial charge on any atom is -0.493 e. The first-order chi connectivity index (χ1) is 12.8. The molecule has 146 valence electrons. The fourth-order valence-corrected chi connectivity index (χ4v) is 4.91. The van der Waals surface area contributed by atoms with Crippen molar-refractivity contribution < 1.29 is 27.5 Å². The summed E-state index contributed by atoms with van der Waals surface area (Å²) in [6, 6.07) is 3.15. The van der Waals surface area contributed by atoms with Gasteiger partial charge in [0.05, 0.1) is 32.1 Å². The third kappa shape index (κ3) is 4.41. The maximum Gasteiger partial charge on any atom is 0.240 e. The Bertz CT molecular complexity index is 893. The number of nitrogens with zero attached hydrogens (tertiary/aromatic N) is 1. The molecule has 3 rings (SSSR count). The quantitative estimate of drug-likeness (QED) is 0.774. The number of amides is 2. The van der Waals surface area contributed by atoms with Gasteiger partial charge in [0.2, 0.25) is 11.8 Å². The van der Waals surface area contributed by atoms with Crippen molar-refractivity contribution in [2.75, 3.05) is 32.3 Å². The van der Waals surface area contributed by atoms with E-state index in [2.05, 4.69) is 5.32 Å². The molecule has 2 heterocycles. The lowest BCUT2D eigenvalue weighted by Crippen LogP contribution is -2.43. The molecule has 1 aromatic rings. The van der Waals surface area contributed by atoms with E-state index in [4.69, 9.17) is 9.47 Å². The van der Waals surface area contributed by atoms with Gasteiger partial charge in [-0.2, -0.15) is 0 Å². The molecule has 0 saturated carbocycles. The average molecular weight is 394 g/mol. The molecule has 0 bridgehead atoms. The van der Waals surface area contributed by atoms with Crippen LogP contribution in [0.25, 0.3) is 6.08 Å². The Morgan fingerprint density at radius 1 is 1.26 bits per heavy atom. The van der Waals surface area contributed by atoms with Gasteiger partial charge < -0.3 is 19.7 Å². The first-order valence-electron chi connectivity index (χ1n) is 8.53. The molecule has 9 heteroatoms. The van der Waals surface area contributed by atoms with Crippen LogP contribution < -0.4 is 14.8 Å². The SMILES string of the molecule is COc1cc2c(cc1OC)CC(=O)N(CC(=O)N[C@@H]1CCS(=O)(=O)C1)C=C2. The molecule has 1 N–H and O–H groups in total. The van der Waals surface area contributed by atoms with Gasteiger partial charge in [-0.1, -0.05) is 0 Å². The predicted octanol–water partition coefficient (Wildman–Crippen LogP) is 0.363. The molecule has 1 atom stereocenters. The Hall–Kier alpha value is -2.55. The minimum atomic E-state index is -3.07. The fourth-order valence-electron chi connectivity index (χ4n) is 3.24. The summed E-state index contributed by atoms with van der Waals surface area (Å²) in [6.45, 7) is -0.159. The van der Waals surface area contributed by atoms with Gasteiger partial charge in [-0.15, -0.1) is 0 Å². The molecule has 27 heavy (non-hydrogen) atoms. The van der Waals surface area contributed by atoms with Gasteiger partial charge in [-0.3, -0.25) is 9.59 Å². The molecule has 0 unspecified atom stereocenters. The molecule has 8 nitrogen and oxygen atoms in total. The van der Waals surface area contributed by atoms with Gasteiger partial charge in [0.15, 0.2) is 21.3 Å². The van der Waals surface area contributed by atoms with Gasteiger partial charge >= 0.3 is 0 Å². The van der Waals surface area contributed by atoms with E-state index in [1.807, 2.05) is 0 Å². The highest BCUT2D eigenvalue weighted by atomic mass is 32.2. The summed E-state index contributed by atoms with van der Waals surface area (Å²) in [4.78, 5) is 26.1. The second-order valence-electron chi connectivity index (χ2n) is 6.59. The predicted molar refractivity (Wildman–Crippen MR) is 99.2 cm³/mol. The Labute approximate surface area is 158 Å². The van der Waals surface area contributed by atoms with Crippen LogP contribution in [-0.2, 0) is 25.8 Å². The maximum absolute atomic E-state index is 12.5. The number of fused-ring (bicyclic) bond motifs is 1. The van der Waals surface area contributed by atoms with Crippen LogP contribution in [0, 0.1) is 0 Å². The van der Waals surface area contributed by atoms with Crippen molar-refractivity contribution in [1.29, 1.82) is 0 Å². The highest BCUT2D eigenvalue weighted by molar-refractivity contribution is 7.91. The number of ether oxygens (including phenoxy) is 2. The van der Waals surface area contributed by atoms with Crippen LogP contribution in [0.4, 0.5) is 0 Å². The van der Waals surface area contributed by atoms with Crippen molar-refractivity contribution in [1.82, 2.24) is 10.2 Å². The molecule has 2 aliphatic rings. The largest absolute Gasteiger partial charge is 0.493 e. The topological polar surface area (TPSA) is 102 Å². The molecule has 1 aromatic carbocycles. The zero-order valence-corrected chi connectivity index (χ0v) is 16.0. The van der Waals surface area contributed by atoms with E-state index in [1.165, 1.54) is 19.1 Å². The van der Waals surface area contributed by atoms with Gasteiger partial charge in [0.25, 0.3) is 0 Å². The molecular formula is C18H22N2O6S. The van der Waals surface area contributed by atoms with E-state index in [-0.39, 0.29) is 42.3 Å². The molecule has 0 aliphatic carbocycles. The lowest BCUT2D eigenvalue weighted by Gasteiger charge is -2.18. The lowest BCUT2D eigenvalue weighted by atomic mass is 10.0. The molecular weight excluding hydrogens is 372 g/mol. The summed E-state index contributed by atoms with van der Waals surface area (Å²) in [5.74, 6) is 0.517. The highest BCUT2D eigenvalue weighted by Crippen LogP contribution is 2.32. The molecule has 0 radical (unpaired) electrons. The number of rotatable bonds is 5. The molecule has 1 fully saturated rings. The molecule has 0 aromatic heterocycles. The Kier molecular flexibility index (Phi) is 5.41. The van der Waals surface area contributed by atoms with E-state index < -0.39 is 9.84 Å². The number of hydrogen-bond acceptors (Lipinski definition) is 6. The van der Waals surface area contributed by atoms with Crippen molar-refractivity contribution in [2.24, 2.45) is 0 Å².